The lowest BCUT2D eigenvalue weighted by Gasteiger charge is -2.15. The van der Waals surface area contributed by atoms with Gasteiger partial charge in [-0.25, -0.2) is 4.79 Å². The van der Waals surface area contributed by atoms with Crippen LogP contribution in [0.5, 0.6) is 5.75 Å². The molecule has 0 fully saturated rings. The molecule has 0 saturated heterocycles. The Morgan fingerprint density at radius 3 is 2.31 bits per heavy atom. The van der Waals surface area contributed by atoms with Crippen molar-refractivity contribution < 1.29 is 4.74 Å². The second-order valence-electron chi connectivity index (χ2n) is 6.76. The molecule has 0 amide bonds. The number of hydrogen-bond acceptors (Lipinski definition) is 3. The number of fused-ring (bicyclic) bond motifs is 1. The third-order valence-corrected chi connectivity index (χ3v) is 5.11. The fourth-order valence-electron chi connectivity index (χ4n) is 3.39. The summed E-state index contributed by atoms with van der Waals surface area (Å²) in [5, 5.41) is 1.11. The zero-order valence-electron chi connectivity index (χ0n) is 15.8. The number of hydrogen-bond donors (Lipinski definition) is 0. The average Bonchev–Trinajstić information content (AvgIpc) is 2.75. The van der Waals surface area contributed by atoms with E-state index in [0.29, 0.717) is 28.2 Å². The Labute approximate surface area is 172 Å². The highest BCUT2D eigenvalue weighted by molar-refractivity contribution is 6.30. The van der Waals surface area contributed by atoms with Crippen LogP contribution in [0.4, 0.5) is 0 Å². The Balaban J connectivity index is 1.87. The third-order valence-electron chi connectivity index (χ3n) is 4.86. The average molecular weight is 407 g/mol. The van der Waals surface area contributed by atoms with Crippen molar-refractivity contribution in [3.8, 4) is 5.75 Å². The van der Waals surface area contributed by atoms with E-state index < -0.39 is 0 Å². The van der Waals surface area contributed by atoms with Crippen LogP contribution in [0.25, 0.3) is 10.9 Å². The predicted octanol–water partition coefficient (Wildman–Crippen LogP) is 3.92. The Morgan fingerprint density at radius 1 is 0.828 bits per heavy atom. The second kappa shape index (κ2) is 7.97. The van der Waals surface area contributed by atoms with Gasteiger partial charge in [-0.1, -0.05) is 48.0 Å². The maximum Gasteiger partial charge on any atom is 0.332 e. The van der Waals surface area contributed by atoms with Gasteiger partial charge in [0.25, 0.3) is 5.56 Å². The van der Waals surface area contributed by atoms with Crippen molar-refractivity contribution in [2.75, 3.05) is 7.11 Å². The maximum atomic E-state index is 13.3. The molecule has 0 unspecified atom stereocenters. The van der Waals surface area contributed by atoms with Crippen molar-refractivity contribution in [2.24, 2.45) is 0 Å². The molecule has 0 saturated carbocycles. The molecule has 0 radical (unpaired) electrons. The highest BCUT2D eigenvalue weighted by atomic mass is 35.5. The van der Waals surface area contributed by atoms with E-state index in [-0.39, 0.29) is 17.8 Å². The van der Waals surface area contributed by atoms with E-state index in [2.05, 4.69) is 0 Å². The van der Waals surface area contributed by atoms with Crippen molar-refractivity contribution >= 4 is 22.5 Å². The molecule has 0 N–H and O–H groups in total. The summed E-state index contributed by atoms with van der Waals surface area (Å²) in [4.78, 5) is 26.3. The molecule has 146 valence electrons. The summed E-state index contributed by atoms with van der Waals surface area (Å²) in [5.41, 5.74) is 1.69. The summed E-state index contributed by atoms with van der Waals surface area (Å²) >= 11 is 5.95. The number of ether oxygens (including phenoxy) is 1. The van der Waals surface area contributed by atoms with Crippen LogP contribution in [0.15, 0.2) is 82.4 Å². The van der Waals surface area contributed by atoms with Gasteiger partial charge in [0.15, 0.2) is 0 Å². The number of benzene rings is 3. The van der Waals surface area contributed by atoms with Crippen LogP contribution in [0, 0.1) is 0 Å². The quantitative estimate of drug-likeness (QED) is 0.504. The first-order valence-corrected chi connectivity index (χ1v) is 9.54. The van der Waals surface area contributed by atoms with Crippen LogP contribution in [0.2, 0.25) is 5.02 Å². The van der Waals surface area contributed by atoms with Crippen LogP contribution < -0.4 is 16.0 Å². The van der Waals surface area contributed by atoms with Crippen LogP contribution in [-0.4, -0.2) is 16.2 Å². The topological polar surface area (TPSA) is 53.2 Å². The molecule has 0 aliphatic heterocycles. The molecule has 1 aromatic heterocycles. The van der Waals surface area contributed by atoms with Crippen molar-refractivity contribution in [2.45, 2.75) is 13.1 Å². The maximum absolute atomic E-state index is 13.3. The first-order chi connectivity index (χ1) is 14.1. The van der Waals surface area contributed by atoms with E-state index >= 15 is 0 Å². The zero-order valence-corrected chi connectivity index (χ0v) is 16.6. The van der Waals surface area contributed by atoms with Gasteiger partial charge in [0.05, 0.1) is 31.1 Å². The highest BCUT2D eigenvalue weighted by Gasteiger charge is 2.14. The Kier molecular flexibility index (Phi) is 5.23. The molecule has 0 spiro atoms. The molecule has 0 aliphatic rings. The molecule has 5 nitrogen and oxygen atoms in total. The van der Waals surface area contributed by atoms with Gasteiger partial charge in [-0.2, -0.15) is 0 Å². The van der Waals surface area contributed by atoms with E-state index in [1.54, 1.807) is 42.0 Å². The van der Waals surface area contributed by atoms with Gasteiger partial charge >= 0.3 is 5.69 Å². The van der Waals surface area contributed by atoms with Gasteiger partial charge in [-0.05, 0) is 47.5 Å². The van der Waals surface area contributed by atoms with Gasteiger partial charge < -0.3 is 4.74 Å². The van der Waals surface area contributed by atoms with Crippen molar-refractivity contribution in [3.05, 3.63) is 110 Å². The molecular weight excluding hydrogens is 388 g/mol. The van der Waals surface area contributed by atoms with Crippen LogP contribution in [-0.2, 0) is 13.1 Å². The van der Waals surface area contributed by atoms with Crippen LogP contribution >= 0.6 is 11.6 Å². The third kappa shape index (κ3) is 3.82. The number of methoxy groups -OCH3 is 1. The molecule has 29 heavy (non-hydrogen) atoms. The van der Waals surface area contributed by atoms with Crippen molar-refractivity contribution in [3.63, 3.8) is 0 Å². The van der Waals surface area contributed by atoms with E-state index in [4.69, 9.17) is 16.3 Å². The number of rotatable bonds is 5. The monoisotopic (exact) mass is 406 g/mol. The standard InChI is InChI=1S/C23H19ClN2O3/c1-29-19-6-4-5-17(13-19)15-25-21-8-3-2-7-20(21)22(27)26(23(25)28)14-16-9-11-18(24)12-10-16/h2-13H,14-15H2,1H3. The van der Waals surface area contributed by atoms with Crippen LogP contribution in [0.1, 0.15) is 11.1 Å². The van der Waals surface area contributed by atoms with Gasteiger partial charge in [0.2, 0.25) is 0 Å². The number of halogens is 1. The van der Waals surface area contributed by atoms with Crippen LogP contribution in [0.3, 0.4) is 0 Å². The first-order valence-electron chi connectivity index (χ1n) is 9.16. The summed E-state index contributed by atoms with van der Waals surface area (Å²) in [5.74, 6) is 0.717. The van der Waals surface area contributed by atoms with Crippen molar-refractivity contribution in [1.82, 2.24) is 9.13 Å². The fourth-order valence-corrected chi connectivity index (χ4v) is 3.51. The summed E-state index contributed by atoms with van der Waals surface area (Å²) in [7, 11) is 1.60. The number of aromatic nitrogens is 2. The van der Waals surface area contributed by atoms with E-state index in [0.717, 1.165) is 11.1 Å². The number of para-hydroxylation sites is 1. The largest absolute Gasteiger partial charge is 0.497 e. The molecule has 4 aromatic rings. The second-order valence-corrected chi connectivity index (χ2v) is 7.19. The van der Waals surface area contributed by atoms with E-state index in [9.17, 15) is 9.59 Å². The minimum Gasteiger partial charge on any atom is -0.497 e. The molecule has 0 bridgehead atoms. The summed E-state index contributed by atoms with van der Waals surface area (Å²) in [6.45, 7) is 0.509. The Bertz CT molecular complexity index is 1290. The lowest BCUT2D eigenvalue weighted by molar-refractivity contribution is 0.414. The molecule has 1 heterocycles. The molecule has 0 aliphatic carbocycles. The lowest BCUT2D eigenvalue weighted by Crippen LogP contribution is -2.40. The normalized spacial score (nSPS) is 11.0. The SMILES string of the molecule is COc1cccc(Cn2c(=O)n(Cc3ccc(Cl)cc3)c(=O)c3ccccc32)c1. The Morgan fingerprint density at radius 2 is 1.55 bits per heavy atom. The lowest BCUT2D eigenvalue weighted by atomic mass is 10.2. The zero-order chi connectivity index (χ0) is 20.4. The molecule has 3 aromatic carbocycles. The molecule has 0 atom stereocenters. The first kappa shape index (κ1) is 19.0. The van der Waals surface area contributed by atoms with Crippen molar-refractivity contribution in [1.29, 1.82) is 0 Å². The molecule has 4 rings (SSSR count). The van der Waals surface area contributed by atoms with E-state index in [1.165, 1.54) is 4.57 Å². The fraction of sp³-hybridized carbons (Fsp3) is 0.130. The molecular formula is C23H19ClN2O3. The van der Waals surface area contributed by atoms with Gasteiger partial charge in [0, 0.05) is 5.02 Å². The summed E-state index contributed by atoms with van der Waals surface area (Å²) in [6.07, 6.45) is 0. The smallest absolute Gasteiger partial charge is 0.332 e. The summed E-state index contributed by atoms with van der Waals surface area (Å²) in [6, 6.07) is 21.8. The van der Waals surface area contributed by atoms with Gasteiger partial charge in [-0.15, -0.1) is 0 Å². The minimum atomic E-state index is -0.355. The van der Waals surface area contributed by atoms with Gasteiger partial charge in [0.1, 0.15) is 5.75 Å². The predicted molar refractivity (Wildman–Crippen MR) is 115 cm³/mol. The van der Waals surface area contributed by atoms with E-state index in [1.807, 2.05) is 42.5 Å². The summed E-state index contributed by atoms with van der Waals surface area (Å²) < 4.78 is 8.18. The Hall–Kier alpha value is -3.31. The molecule has 6 heteroatoms. The minimum absolute atomic E-state index is 0.178. The van der Waals surface area contributed by atoms with Gasteiger partial charge in [-0.3, -0.25) is 13.9 Å². The highest BCUT2D eigenvalue weighted by Crippen LogP contribution is 2.16. The number of nitrogens with zero attached hydrogens (tertiary/aromatic N) is 2.